The van der Waals surface area contributed by atoms with Gasteiger partial charge in [-0.3, -0.25) is 4.18 Å². The van der Waals surface area contributed by atoms with E-state index in [4.69, 9.17) is 9.29 Å². The van der Waals surface area contributed by atoms with Crippen molar-refractivity contribution in [3.05, 3.63) is 29.8 Å². The van der Waals surface area contributed by atoms with Gasteiger partial charge in [-0.05, 0) is 45.2 Å². The summed E-state index contributed by atoms with van der Waals surface area (Å²) in [6.45, 7) is 3.76. The molecule has 1 unspecified atom stereocenters. The van der Waals surface area contributed by atoms with Gasteiger partial charge < -0.3 is 5.11 Å². The highest BCUT2D eigenvalue weighted by Crippen LogP contribution is 2.14. The van der Waals surface area contributed by atoms with Gasteiger partial charge in [0.05, 0.1) is 17.6 Å². The average molecular weight is 272 g/mol. The number of benzene rings is 1. The number of hydrogen-bond acceptors (Lipinski definition) is 4. The molecule has 18 heavy (non-hydrogen) atoms. The topological polar surface area (TPSA) is 63.6 Å². The summed E-state index contributed by atoms with van der Waals surface area (Å²) < 4.78 is 28.5. The molecule has 1 rings (SSSR count). The zero-order valence-corrected chi connectivity index (χ0v) is 11.6. The molecule has 4 nitrogen and oxygen atoms in total. The molecule has 0 saturated heterocycles. The fourth-order valence-corrected chi connectivity index (χ4v) is 2.43. The Morgan fingerprint density at radius 3 is 2.39 bits per heavy atom. The summed E-state index contributed by atoms with van der Waals surface area (Å²) in [6, 6.07) is 6.56. The highest BCUT2D eigenvalue weighted by atomic mass is 32.2. The van der Waals surface area contributed by atoms with Crippen LogP contribution in [0.25, 0.3) is 0 Å². The molecule has 0 fully saturated rings. The lowest BCUT2D eigenvalue weighted by Gasteiger charge is -2.06. The molecule has 0 saturated carbocycles. The Labute approximate surface area is 109 Å². The Morgan fingerprint density at radius 2 is 1.83 bits per heavy atom. The lowest BCUT2D eigenvalue weighted by Crippen LogP contribution is -2.08. The van der Waals surface area contributed by atoms with Crippen LogP contribution in [0.15, 0.2) is 29.2 Å². The lowest BCUT2D eigenvalue weighted by molar-refractivity contribution is 0.177. The molecular weight excluding hydrogens is 252 g/mol. The molecule has 0 radical (unpaired) electrons. The number of hydrogen-bond donors (Lipinski definition) is 1. The molecule has 0 heterocycles. The number of aryl methyl sites for hydroxylation is 1. The van der Waals surface area contributed by atoms with Gasteiger partial charge in [-0.15, -0.1) is 0 Å². The van der Waals surface area contributed by atoms with Gasteiger partial charge in [0.2, 0.25) is 0 Å². The summed E-state index contributed by atoms with van der Waals surface area (Å²) in [7, 11) is -3.64. The fourth-order valence-electron chi connectivity index (χ4n) is 1.48. The van der Waals surface area contributed by atoms with E-state index in [1.54, 1.807) is 31.2 Å². The zero-order valence-electron chi connectivity index (χ0n) is 10.8. The zero-order chi connectivity index (χ0) is 13.6. The molecule has 0 aliphatic heterocycles. The summed E-state index contributed by atoms with van der Waals surface area (Å²) >= 11 is 0. The molecule has 1 N–H and O–H groups in total. The molecule has 0 aliphatic carbocycles. The predicted molar refractivity (Wildman–Crippen MR) is 69.8 cm³/mol. The van der Waals surface area contributed by atoms with Crippen LogP contribution in [-0.2, 0) is 14.3 Å². The molecule has 1 aromatic carbocycles. The molecule has 0 spiro atoms. The Bertz CT molecular complexity index is 448. The quantitative estimate of drug-likeness (QED) is 0.611. The van der Waals surface area contributed by atoms with E-state index in [0.29, 0.717) is 12.8 Å². The van der Waals surface area contributed by atoms with Crippen molar-refractivity contribution in [2.24, 2.45) is 0 Å². The van der Waals surface area contributed by atoms with E-state index in [0.717, 1.165) is 12.0 Å². The van der Waals surface area contributed by atoms with Crippen molar-refractivity contribution in [2.75, 3.05) is 6.61 Å². The summed E-state index contributed by atoms with van der Waals surface area (Å²) in [6.07, 6.45) is 1.68. The summed E-state index contributed by atoms with van der Waals surface area (Å²) in [5.41, 5.74) is 1.01. The maximum Gasteiger partial charge on any atom is 0.296 e. The second-order valence-corrected chi connectivity index (χ2v) is 6.05. The van der Waals surface area contributed by atoms with E-state index in [-0.39, 0.29) is 17.6 Å². The molecular formula is C13H20O4S. The fraction of sp³-hybridized carbons (Fsp3) is 0.538. The second kappa shape index (κ2) is 6.87. The van der Waals surface area contributed by atoms with Crippen LogP contribution in [-0.4, -0.2) is 26.2 Å². The molecule has 0 amide bonds. The highest BCUT2D eigenvalue weighted by molar-refractivity contribution is 7.86. The first-order chi connectivity index (χ1) is 8.42. The van der Waals surface area contributed by atoms with E-state index in [1.807, 2.05) is 6.92 Å². The van der Waals surface area contributed by atoms with Crippen molar-refractivity contribution in [3.63, 3.8) is 0 Å². The third-order valence-corrected chi connectivity index (χ3v) is 3.89. The minimum Gasteiger partial charge on any atom is -0.393 e. The third-order valence-electron chi connectivity index (χ3n) is 2.56. The molecule has 102 valence electrons. The van der Waals surface area contributed by atoms with Crippen LogP contribution in [0.2, 0.25) is 0 Å². The minimum absolute atomic E-state index is 0.156. The van der Waals surface area contributed by atoms with Crippen molar-refractivity contribution in [1.82, 2.24) is 0 Å². The first-order valence-corrected chi connectivity index (χ1v) is 7.47. The lowest BCUT2D eigenvalue weighted by atomic mass is 10.2. The summed E-state index contributed by atoms with van der Waals surface area (Å²) in [5.74, 6) is 0. The van der Waals surface area contributed by atoms with Gasteiger partial charge in [0, 0.05) is 0 Å². The minimum atomic E-state index is -3.64. The van der Waals surface area contributed by atoms with Gasteiger partial charge in [0.15, 0.2) is 0 Å². The van der Waals surface area contributed by atoms with Crippen molar-refractivity contribution in [3.8, 4) is 0 Å². The van der Waals surface area contributed by atoms with Gasteiger partial charge in [-0.2, -0.15) is 8.42 Å². The predicted octanol–water partition coefficient (Wildman–Crippen LogP) is 2.25. The van der Waals surface area contributed by atoms with Crippen molar-refractivity contribution in [2.45, 2.75) is 44.1 Å². The van der Waals surface area contributed by atoms with Crippen LogP contribution < -0.4 is 0 Å². The van der Waals surface area contributed by atoms with Gasteiger partial charge in [-0.1, -0.05) is 17.7 Å². The molecule has 1 aromatic rings. The van der Waals surface area contributed by atoms with Crippen molar-refractivity contribution in [1.29, 1.82) is 0 Å². The SMILES string of the molecule is Cc1ccc(S(=O)(=O)OCCCCC(C)O)cc1. The second-order valence-electron chi connectivity index (χ2n) is 4.43. The van der Waals surface area contributed by atoms with Crippen molar-refractivity contribution >= 4 is 10.1 Å². The number of rotatable bonds is 7. The Morgan fingerprint density at radius 1 is 1.22 bits per heavy atom. The molecule has 0 aliphatic rings. The maximum atomic E-state index is 11.8. The monoisotopic (exact) mass is 272 g/mol. The van der Waals surface area contributed by atoms with E-state index in [9.17, 15) is 8.42 Å². The Balaban J connectivity index is 2.43. The Kier molecular flexibility index (Phi) is 5.78. The van der Waals surface area contributed by atoms with E-state index in [2.05, 4.69) is 0 Å². The first kappa shape index (κ1) is 15.1. The van der Waals surface area contributed by atoms with Crippen LogP contribution in [0.3, 0.4) is 0 Å². The molecule has 0 aromatic heterocycles. The van der Waals surface area contributed by atoms with Crippen LogP contribution in [0.1, 0.15) is 31.7 Å². The van der Waals surface area contributed by atoms with Gasteiger partial charge in [-0.25, -0.2) is 0 Å². The normalized spacial score (nSPS) is 13.5. The van der Waals surface area contributed by atoms with Crippen LogP contribution >= 0.6 is 0 Å². The van der Waals surface area contributed by atoms with Gasteiger partial charge in [0.1, 0.15) is 0 Å². The largest absolute Gasteiger partial charge is 0.393 e. The smallest absolute Gasteiger partial charge is 0.296 e. The van der Waals surface area contributed by atoms with E-state index in [1.165, 1.54) is 0 Å². The highest BCUT2D eigenvalue weighted by Gasteiger charge is 2.14. The van der Waals surface area contributed by atoms with Gasteiger partial charge in [0.25, 0.3) is 10.1 Å². The van der Waals surface area contributed by atoms with E-state index < -0.39 is 10.1 Å². The molecule has 5 heteroatoms. The summed E-state index contributed by atoms with van der Waals surface area (Å²) in [5, 5.41) is 9.06. The average Bonchev–Trinajstić information content (AvgIpc) is 2.28. The van der Waals surface area contributed by atoms with Crippen LogP contribution in [0.4, 0.5) is 0 Å². The standard InChI is InChI=1S/C13H20O4S/c1-11-6-8-13(9-7-11)18(15,16)17-10-4-3-5-12(2)14/h6-9,12,14H,3-5,10H2,1-2H3. The number of aliphatic hydroxyl groups is 1. The number of unbranched alkanes of at least 4 members (excludes halogenated alkanes) is 1. The van der Waals surface area contributed by atoms with E-state index >= 15 is 0 Å². The number of aliphatic hydroxyl groups excluding tert-OH is 1. The van der Waals surface area contributed by atoms with Crippen LogP contribution in [0, 0.1) is 6.92 Å². The first-order valence-electron chi connectivity index (χ1n) is 6.06. The molecule has 0 bridgehead atoms. The van der Waals surface area contributed by atoms with Crippen molar-refractivity contribution < 1.29 is 17.7 Å². The maximum absolute atomic E-state index is 11.8. The van der Waals surface area contributed by atoms with Crippen LogP contribution in [0.5, 0.6) is 0 Å². The summed E-state index contributed by atoms with van der Waals surface area (Å²) in [4.78, 5) is 0.184. The van der Waals surface area contributed by atoms with Gasteiger partial charge >= 0.3 is 0 Å². The Hall–Kier alpha value is -0.910. The molecule has 1 atom stereocenters. The third kappa shape index (κ3) is 5.16.